The number of nitrogens with zero attached hydrogens (tertiary/aromatic N) is 1. The number of thioether (sulfide) groups is 1. The van der Waals surface area contributed by atoms with Gasteiger partial charge in [-0.05, 0) is 36.0 Å². The largest absolute Gasteiger partial charge is 0.446 e. The molecule has 6 heteroatoms. The number of fused-ring (bicyclic) bond motifs is 1. The first-order valence-corrected chi connectivity index (χ1v) is 6.64. The first-order chi connectivity index (χ1) is 9.51. The van der Waals surface area contributed by atoms with E-state index in [1.54, 1.807) is 12.1 Å². The summed E-state index contributed by atoms with van der Waals surface area (Å²) in [5.74, 6) is 0.648. The second kappa shape index (κ2) is 4.86. The van der Waals surface area contributed by atoms with Crippen LogP contribution >= 0.6 is 11.8 Å². The number of hydrogen-bond donors (Lipinski definition) is 1. The van der Waals surface area contributed by atoms with Crippen LogP contribution in [0.4, 0.5) is 13.2 Å². The highest BCUT2D eigenvalue weighted by Crippen LogP contribution is 2.37. The van der Waals surface area contributed by atoms with Crippen molar-refractivity contribution in [2.75, 3.05) is 0 Å². The van der Waals surface area contributed by atoms with Gasteiger partial charge >= 0.3 is 5.51 Å². The lowest BCUT2D eigenvalue weighted by molar-refractivity contribution is -0.0328. The van der Waals surface area contributed by atoms with E-state index in [1.807, 2.05) is 24.3 Å². The molecule has 2 aromatic carbocycles. The fourth-order valence-electron chi connectivity index (χ4n) is 1.90. The van der Waals surface area contributed by atoms with Crippen molar-refractivity contribution < 1.29 is 13.2 Å². The Hall–Kier alpha value is -1.95. The number of H-pyrrole nitrogens is 1. The maximum Gasteiger partial charge on any atom is 0.446 e. The van der Waals surface area contributed by atoms with Gasteiger partial charge in [0.2, 0.25) is 0 Å². The maximum atomic E-state index is 12.2. The average molecular weight is 294 g/mol. The highest BCUT2D eigenvalue weighted by molar-refractivity contribution is 8.00. The standard InChI is InChI=1S/C14H9F3N2S/c15-14(16,17)20-10-7-5-9(6-8-10)13-18-11-3-1-2-4-12(11)19-13/h1-8H,(H,18,19). The number of alkyl halides is 3. The third kappa shape index (κ3) is 2.80. The Labute approximate surface area is 117 Å². The molecule has 0 spiro atoms. The second-order valence-corrected chi connectivity index (χ2v) is 5.31. The summed E-state index contributed by atoms with van der Waals surface area (Å²) in [6.45, 7) is 0. The van der Waals surface area contributed by atoms with Crippen LogP contribution in [0.1, 0.15) is 0 Å². The third-order valence-electron chi connectivity index (χ3n) is 2.75. The van der Waals surface area contributed by atoms with E-state index < -0.39 is 5.51 Å². The summed E-state index contributed by atoms with van der Waals surface area (Å²) in [5.41, 5.74) is -1.78. The number of benzene rings is 2. The molecule has 1 N–H and O–H groups in total. The van der Waals surface area contributed by atoms with Crippen LogP contribution in [0.3, 0.4) is 0 Å². The molecule has 1 aromatic heterocycles. The van der Waals surface area contributed by atoms with Crippen molar-refractivity contribution >= 4 is 22.8 Å². The van der Waals surface area contributed by atoms with Crippen LogP contribution in [-0.2, 0) is 0 Å². The van der Waals surface area contributed by atoms with Crippen LogP contribution in [0.15, 0.2) is 53.4 Å². The summed E-state index contributed by atoms with van der Waals surface area (Å²) in [7, 11) is 0. The predicted molar refractivity (Wildman–Crippen MR) is 73.4 cm³/mol. The minimum absolute atomic E-state index is 0.121. The summed E-state index contributed by atoms with van der Waals surface area (Å²) in [6.07, 6.45) is 0. The molecule has 0 atom stereocenters. The van der Waals surface area contributed by atoms with Crippen LogP contribution in [0.25, 0.3) is 22.4 Å². The highest BCUT2D eigenvalue weighted by atomic mass is 32.2. The van der Waals surface area contributed by atoms with Crippen molar-refractivity contribution in [1.29, 1.82) is 0 Å². The van der Waals surface area contributed by atoms with Gasteiger partial charge in [0.15, 0.2) is 0 Å². The van der Waals surface area contributed by atoms with Crippen LogP contribution in [-0.4, -0.2) is 15.5 Å². The van der Waals surface area contributed by atoms with E-state index in [1.165, 1.54) is 12.1 Å². The molecule has 0 aliphatic rings. The summed E-state index contributed by atoms with van der Waals surface area (Å²) < 4.78 is 36.7. The lowest BCUT2D eigenvalue weighted by Gasteiger charge is -2.05. The molecule has 3 rings (SSSR count). The van der Waals surface area contributed by atoms with Crippen LogP contribution in [0, 0.1) is 0 Å². The summed E-state index contributed by atoms with van der Waals surface area (Å²) in [4.78, 5) is 7.71. The van der Waals surface area contributed by atoms with Gasteiger partial charge in [-0.25, -0.2) is 4.98 Å². The number of aromatic nitrogens is 2. The molecule has 102 valence electrons. The van der Waals surface area contributed by atoms with Gasteiger partial charge in [-0.2, -0.15) is 13.2 Å². The van der Waals surface area contributed by atoms with Crippen LogP contribution < -0.4 is 0 Å². The number of halogens is 3. The van der Waals surface area contributed by atoms with Gasteiger partial charge < -0.3 is 4.98 Å². The van der Waals surface area contributed by atoms with E-state index in [-0.39, 0.29) is 16.7 Å². The molecule has 3 aromatic rings. The Morgan fingerprint density at radius 2 is 1.65 bits per heavy atom. The highest BCUT2D eigenvalue weighted by Gasteiger charge is 2.29. The van der Waals surface area contributed by atoms with Crippen molar-refractivity contribution in [2.24, 2.45) is 0 Å². The molecule has 0 fully saturated rings. The molecule has 0 aliphatic heterocycles. The van der Waals surface area contributed by atoms with Gasteiger partial charge in [0.1, 0.15) is 5.82 Å². The Morgan fingerprint density at radius 1 is 0.950 bits per heavy atom. The Morgan fingerprint density at radius 3 is 2.30 bits per heavy atom. The van der Waals surface area contributed by atoms with Gasteiger partial charge in [-0.3, -0.25) is 0 Å². The molecule has 0 saturated carbocycles. The monoisotopic (exact) mass is 294 g/mol. The number of hydrogen-bond acceptors (Lipinski definition) is 2. The number of nitrogens with one attached hydrogen (secondary N) is 1. The minimum Gasteiger partial charge on any atom is -0.338 e. The molecule has 0 saturated heterocycles. The lowest BCUT2D eigenvalue weighted by Crippen LogP contribution is -1.98. The van der Waals surface area contributed by atoms with E-state index >= 15 is 0 Å². The summed E-state index contributed by atoms with van der Waals surface area (Å²) in [6, 6.07) is 13.7. The zero-order valence-electron chi connectivity index (χ0n) is 10.1. The van der Waals surface area contributed by atoms with Crippen molar-refractivity contribution in [3.05, 3.63) is 48.5 Å². The third-order valence-corrected chi connectivity index (χ3v) is 3.49. The lowest BCUT2D eigenvalue weighted by atomic mass is 10.2. The van der Waals surface area contributed by atoms with Crippen LogP contribution in [0.5, 0.6) is 0 Å². The fourth-order valence-corrected chi connectivity index (χ4v) is 2.44. The molecule has 0 unspecified atom stereocenters. The van der Waals surface area contributed by atoms with E-state index in [9.17, 15) is 13.2 Å². The SMILES string of the molecule is FC(F)(F)Sc1ccc(-c2nc3ccccc3[nH]2)cc1. The second-order valence-electron chi connectivity index (χ2n) is 4.17. The molecule has 0 amide bonds. The van der Waals surface area contributed by atoms with E-state index in [4.69, 9.17) is 0 Å². The van der Waals surface area contributed by atoms with E-state index in [0.29, 0.717) is 5.82 Å². The minimum atomic E-state index is -4.26. The quantitative estimate of drug-likeness (QED) is 0.685. The van der Waals surface area contributed by atoms with Crippen molar-refractivity contribution in [2.45, 2.75) is 10.4 Å². The molecule has 0 bridgehead atoms. The van der Waals surface area contributed by atoms with Crippen molar-refractivity contribution in [3.8, 4) is 11.4 Å². The van der Waals surface area contributed by atoms with E-state index in [0.717, 1.165) is 16.6 Å². The average Bonchev–Trinajstić information content (AvgIpc) is 2.81. The molecule has 20 heavy (non-hydrogen) atoms. The molecular formula is C14H9F3N2S. The fraction of sp³-hybridized carbons (Fsp3) is 0.0714. The predicted octanol–water partition coefficient (Wildman–Crippen LogP) is 4.84. The van der Waals surface area contributed by atoms with Crippen LogP contribution in [0.2, 0.25) is 0 Å². The molecule has 2 nitrogen and oxygen atoms in total. The van der Waals surface area contributed by atoms with Gasteiger partial charge in [0.25, 0.3) is 0 Å². The number of rotatable bonds is 2. The van der Waals surface area contributed by atoms with E-state index in [2.05, 4.69) is 9.97 Å². The molecular weight excluding hydrogens is 285 g/mol. The normalized spacial score (nSPS) is 11.9. The number of imidazole rings is 1. The Bertz CT molecular complexity index is 699. The summed E-state index contributed by atoms with van der Waals surface area (Å²) >= 11 is -0.121. The first-order valence-electron chi connectivity index (χ1n) is 5.82. The first kappa shape index (κ1) is 13.1. The van der Waals surface area contributed by atoms with Gasteiger partial charge in [-0.15, -0.1) is 0 Å². The molecule has 0 radical (unpaired) electrons. The van der Waals surface area contributed by atoms with Gasteiger partial charge in [0.05, 0.1) is 11.0 Å². The summed E-state index contributed by atoms with van der Waals surface area (Å²) in [5, 5.41) is 0. The topological polar surface area (TPSA) is 28.7 Å². The Kier molecular flexibility index (Phi) is 3.17. The smallest absolute Gasteiger partial charge is 0.338 e. The zero-order chi connectivity index (χ0) is 14.2. The number of aromatic amines is 1. The number of para-hydroxylation sites is 2. The molecule has 0 aliphatic carbocycles. The molecule has 1 heterocycles. The maximum absolute atomic E-state index is 12.2. The van der Waals surface area contributed by atoms with Crippen molar-refractivity contribution in [3.63, 3.8) is 0 Å². The zero-order valence-corrected chi connectivity index (χ0v) is 10.9. The van der Waals surface area contributed by atoms with Crippen molar-refractivity contribution in [1.82, 2.24) is 9.97 Å². The van der Waals surface area contributed by atoms with Gasteiger partial charge in [0, 0.05) is 10.5 Å². The van der Waals surface area contributed by atoms with Gasteiger partial charge in [-0.1, -0.05) is 24.3 Å². The Balaban J connectivity index is 1.90.